The quantitative estimate of drug-likeness (QED) is 0.734. The summed E-state index contributed by atoms with van der Waals surface area (Å²) in [6.45, 7) is 6.23. The van der Waals surface area contributed by atoms with Gasteiger partial charge in [0.15, 0.2) is 0 Å². The first-order chi connectivity index (χ1) is 8.32. The largest absolute Gasteiger partial charge is 0.385 e. The van der Waals surface area contributed by atoms with Gasteiger partial charge in [-0.25, -0.2) is 4.79 Å². The molecule has 2 atom stereocenters. The van der Waals surface area contributed by atoms with Gasteiger partial charge in [0.2, 0.25) is 0 Å². The molecule has 1 fully saturated rings. The number of amides is 2. The molecule has 5 heteroatoms. The molecule has 0 aromatic rings. The molecule has 0 saturated carbocycles. The summed E-state index contributed by atoms with van der Waals surface area (Å²) in [5.74, 6) is 4.89. The van der Waals surface area contributed by atoms with E-state index in [2.05, 4.69) is 24.8 Å². The molecule has 2 aliphatic rings. The van der Waals surface area contributed by atoms with Gasteiger partial charge in [0, 0.05) is 5.75 Å². The lowest BCUT2D eigenvalue weighted by molar-refractivity contribution is 0.135. The average Bonchev–Trinajstić information content (AvgIpc) is 2.48. The Bertz CT molecular complexity index is 452. The van der Waals surface area contributed by atoms with Crippen LogP contribution in [0.4, 0.5) is 4.79 Å². The molecule has 0 aliphatic carbocycles. The van der Waals surface area contributed by atoms with Gasteiger partial charge in [-0.2, -0.15) is 16.8 Å². The number of hydrogen-bond donors (Lipinski definition) is 1. The van der Waals surface area contributed by atoms with Crippen LogP contribution >= 0.6 is 11.8 Å². The number of amidine groups is 1. The van der Waals surface area contributed by atoms with Gasteiger partial charge < -0.3 is 5.73 Å². The molecule has 4 nitrogen and oxygen atoms in total. The zero-order valence-electron chi connectivity index (χ0n) is 11.1. The van der Waals surface area contributed by atoms with Crippen molar-refractivity contribution in [2.24, 2.45) is 16.1 Å². The molecule has 18 heavy (non-hydrogen) atoms. The zero-order chi connectivity index (χ0) is 13.6. The minimum atomic E-state index is -0.491. The van der Waals surface area contributed by atoms with Gasteiger partial charge in [0.1, 0.15) is 11.4 Å². The van der Waals surface area contributed by atoms with Crippen LogP contribution in [0.5, 0.6) is 0 Å². The fourth-order valence-corrected chi connectivity index (χ4v) is 4.37. The number of hydrogen-bond acceptors (Lipinski definition) is 3. The maximum Gasteiger partial charge on any atom is 0.347 e. The van der Waals surface area contributed by atoms with Gasteiger partial charge >= 0.3 is 6.03 Å². The van der Waals surface area contributed by atoms with Gasteiger partial charge in [0.25, 0.3) is 0 Å². The molecule has 0 aromatic carbocycles. The summed E-state index contributed by atoms with van der Waals surface area (Å²) in [6, 6.07) is -0.576. The van der Waals surface area contributed by atoms with Gasteiger partial charge in [-0.3, -0.25) is 4.90 Å². The van der Waals surface area contributed by atoms with Crippen molar-refractivity contribution in [2.45, 2.75) is 38.8 Å². The number of nitrogens with zero attached hydrogens (tertiary/aromatic N) is 2. The summed E-state index contributed by atoms with van der Waals surface area (Å²) in [4.78, 5) is 17.7. The monoisotopic (exact) mass is 265 g/mol. The van der Waals surface area contributed by atoms with Gasteiger partial charge in [-0.05, 0) is 24.5 Å². The van der Waals surface area contributed by atoms with Crippen molar-refractivity contribution in [3.05, 3.63) is 0 Å². The number of terminal acetylenes is 1. The number of thioether (sulfide) groups is 1. The van der Waals surface area contributed by atoms with Crippen molar-refractivity contribution < 1.29 is 4.79 Å². The first-order valence-corrected chi connectivity index (χ1v) is 7.20. The van der Waals surface area contributed by atoms with Crippen molar-refractivity contribution in [2.75, 3.05) is 11.5 Å². The molecular formula is C13H19N3OS. The van der Waals surface area contributed by atoms with Crippen molar-refractivity contribution in [1.29, 1.82) is 0 Å². The van der Waals surface area contributed by atoms with Crippen LogP contribution in [0.15, 0.2) is 4.99 Å². The Labute approximate surface area is 112 Å². The lowest BCUT2D eigenvalue weighted by Gasteiger charge is -2.47. The van der Waals surface area contributed by atoms with E-state index < -0.39 is 5.54 Å². The number of aliphatic imine (C=N–C) groups is 1. The Morgan fingerprint density at radius 1 is 1.56 bits per heavy atom. The van der Waals surface area contributed by atoms with E-state index in [9.17, 15) is 4.79 Å². The topological polar surface area (TPSA) is 58.7 Å². The zero-order valence-corrected chi connectivity index (χ0v) is 11.9. The van der Waals surface area contributed by atoms with Crippen LogP contribution in [-0.4, -0.2) is 39.9 Å². The average molecular weight is 265 g/mol. The number of carbonyl (C=O) groups is 1. The van der Waals surface area contributed by atoms with Crippen LogP contribution in [-0.2, 0) is 0 Å². The van der Waals surface area contributed by atoms with Crippen LogP contribution in [0.25, 0.3) is 0 Å². The normalized spacial score (nSPS) is 32.2. The minimum Gasteiger partial charge on any atom is -0.385 e. The fourth-order valence-electron chi connectivity index (χ4n) is 2.89. The lowest BCUT2D eigenvalue weighted by Crippen LogP contribution is -2.62. The Balaban J connectivity index is 2.42. The molecular weight excluding hydrogens is 246 g/mol. The van der Waals surface area contributed by atoms with Crippen LogP contribution < -0.4 is 5.73 Å². The van der Waals surface area contributed by atoms with E-state index in [1.54, 1.807) is 4.90 Å². The van der Waals surface area contributed by atoms with Gasteiger partial charge in [-0.15, -0.1) is 6.42 Å². The highest BCUT2D eigenvalue weighted by molar-refractivity contribution is 7.99. The van der Waals surface area contributed by atoms with Crippen molar-refractivity contribution >= 4 is 23.6 Å². The van der Waals surface area contributed by atoms with Crippen molar-refractivity contribution in [1.82, 2.24) is 4.90 Å². The maximum atomic E-state index is 12.0. The van der Waals surface area contributed by atoms with E-state index in [1.807, 2.05) is 18.7 Å². The Hall–Kier alpha value is -1.15. The van der Waals surface area contributed by atoms with Gasteiger partial charge in [-0.1, -0.05) is 19.8 Å². The fraction of sp³-hybridized carbons (Fsp3) is 0.692. The predicted octanol–water partition coefficient (Wildman–Crippen LogP) is 1.70. The molecule has 2 heterocycles. The van der Waals surface area contributed by atoms with Crippen molar-refractivity contribution in [3.63, 3.8) is 0 Å². The summed E-state index contributed by atoms with van der Waals surface area (Å²) >= 11 is 1.81. The second-order valence-electron chi connectivity index (χ2n) is 5.86. The van der Waals surface area contributed by atoms with Gasteiger partial charge in [0.05, 0.1) is 6.04 Å². The number of urea groups is 1. The molecule has 0 radical (unpaired) electrons. The van der Waals surface area contributed by atoms with E-state index in [1.165, 1.54) is 0 Å². The molecule has 98 valence electrons. The second kappa shape index (κ2) is 4.20. The summed E-state index contributed by atoms with van der Waals surface area (Å²) in [6.07, 6.45) is 6.29. The number of rotatable bonds is 1. The molecule has 1 spiro atoms. The molecule has 2 aliphatic heterocycles. The van der Waals surface area contributed by atoms with E-state index in [0.717, 1.165) is 17.9 Å². The highest BCUT2D eigenvalue weighted by Crippen LogP contribution is 2.45. The summed E-state index contributed by atoms with van der Waals surface area (Å²) in [5, 5.41) is 0. The minimum absolute atomic E-state index is 0.125. The smallest absolute Gasteiger partial charge is 0.347 e. The molecule has 1 saturated heterocycles. The molecule has 2 N–H and O–H groups in total. The summed E-state index contributed by atoms with van der Waals surface area (Å²) < 4.78 is 0. The third-order valence-electron chi connectivity index (χ3n) is 3.59. The van der Waals surface area contributed by atoms with E-state index in [0.29, 0.717) is 5.84 Å². The predicted molar refractivity (Wildman–Crippen MR) is 75.6 cm³/mol. The van der Waals surface area contributed by atoms with Crippen LogP contribution in [0, 0.1) is 17.8 Å². The lowest BCUT2D eigenvalue weighted by atomic mass is 9.78. The van der Waals surface area contributed by atoms with Crippen molar-refractivity contribution in [3.8, 4) is 12.3 Å². The maximum absolute atomic E-state index is 12.0. The Kier molecular flexibility index (Phi) is 3.10. The van der Waals surface area contributed by atoms with E-state index in [-0.39, 0.29) is 17.5 Å². The SMILES string of the molecule is C#CC(C)N1C(=O)N=C(N)C12CSCC(C)(C)C2. The van der Waals surface area contributed by atoms with E-state index >= 15 is 0 Å². The Morgan fingerprint density at radius 3 is 2.78 bits per heavy atom. The first-order valence-electron chi connectivity index (χ1n) is 6.04. The molecule has 2 rings (SSSR count). The summed E-state index contributed by atoms with van der Waals surface area (Å²) in [5.41, 5.74) is 5.68. The van der Waals surface area contributed by atoms with Crippen LogP contribution in [0.1, 0.15) is 27.2 Å². The summed E-state index contributed by atoms with van der Waals surface area (Å²) in [7, 11) is 0. The molecule has 2 unspecified atom stereocenters. The molecule has 0 bridgehead atoms. The molecule has 2 amide bonds. The van der Waals surface area contributed by atoms with Crippen LogP contribution in [0.2, 0.25) is 0 Å². The first kappa shape index (κ1) is 13.3. The third kappa shape index (κ3) is 1.89. The highest BCUT2D eigenvalue weighted by Gasteiger charge is 2.54. The number of carbonyl (C=O) groups excluding carboxylic acids is 1. The third-order valence-corrected chi connectivity index (χ3v) is 5.26. The second-order valence-corrected chi connectivity index (χ2v) is 6.84. The Morgan fingerprint density at radius 2 is 2.22 bits per heavy atom. The number of nitrogens with two attached hydrogens (primary N) is 1. The van der Waals surface area contributed by atoms with Crippen LogP contribution in [0.3, 0.4) is 0 Å². The highest BCUT2D eigenvalue weighted by atomic mass is 32.2. The molecule has 0 aromatic heterocycles. The standard InChI is InChI=1S/C13H19N3OS/c1-5-9(2)16-11(17)15-10(14)13(16)6-12(3,4)7-18-8-13/h1,9H,6-8H2,2-4H3,(H2,14,15,17). The van der Waals surface area contributed by atoms with E-state index in [4.69, 9.17) is 12.2 Å².